The van der Waals surface area contributed by atoms with Crippen molar-refractivity contribution in [3.8, 4) is 0 Å². The van der Waals surface area contributed by atoms with Crippen molar-refractivity contribution in [1.82, 2.24) is 0 Å². The summed E-state index contributed by atoms with van der Waals surface area (Å²) in [4.78, 5) is 25.0. The Morgan fingerprint density at radius 2 is 1.64 bits per heavy atom. The SMILES string of the molecule is C[C@H](OC(=O)c1ccccc1NCCO)C(=O)Nc1cccc2ccccc12. The van der Waals surface area contributed by atoms with E-state index in [4.69, 9.17) is 9.84 Å². The van der Waals surface area contributed by atoms with E-state index in [9.17, 15) is 9.59 Å². The number of fused-ring (bicyclic) bond motifs is 1. The Morgan fingerprint density at radius 3 is 2.46 bits per heavy atom. The summed E-state index contributed by atoms with van der Waals surface area (Å²) in [5.41, 5.74) is 1.51. The molecule has 0 aromatic heterocycles. The summed E-state index contributed by atoms with van der Waals surface area (Å²) in [5, 5.41) is 16.7. The Kier molecular flexibility index (Phi) is 6.24. The molecule has 28 heavy (non-hydrogen) atoms. The first-order chi connectivity index (χ1) is 13.6. The molecule has 1 amide bonds. The van der Waals surface area contributed by atoms with Crippen LogP contribution < -0.4 is 10.6 Å². The largest absolute Gasteiger partial charge is 0.449 e. The highest BCUT2D eigenvalue weighted by atomic mass is 16.5. The molecule has 0 saturated carbocycles. The van der Waals surface area contributed by atoms with E-state index in [-0.39, 0.29) is 6.61 Å². The molecule has 1 atom stereocenters. The fourth-order valence-corrected chi connectivity index (χ4v) is 2.85. The molecule has 0 unspecified atom stereocenters. The topological polar surface area (TPSA) is 87.7 Å². The zero-order chi connectivity index (χ0) is 19.9. The molecule has 3 aromatic rings. The van der Waals surface area contributed by atoms with Crippen LogP contribution in [0.1, 0.15) is 17.3 Å². The Hall–Kier alpha value is -3.38. The molecule has 0 radical (unpaired) electrons. The summed E-state index contributed by atoms with van der Waals surface area (Å²) in [5.74, 6) is -1.02. The van der Waals surface area contributed by atoms with Crippen LogP contribution in [0.4, 0.5) is 11.4 Å². The number of carbonyl (C=O) groups is 2. The van der Waals surface area contributed by atoms with Gasteiger partial charge in [0, 0.05) is 23.3 Å². The molecule has 6 nitrogen and oxygen atoms in total. The second-order valence-electron chi connectivity index (χ2n) is 6.26. The molecule has 3 N–H and O–H groups in total. The molecule has 0 heterocycles. The van der Waals surface area contributed by atoms with Crippen LogP contribution in [-0.4, -0.2) is 36.2 Å². The number of amides is 1. The number of nitrogens with one attached hydrogen (secondary N) is 2. The Bertz CT molecular complexity index is 982. The Balaban J connectivity index is 1.70. The summed E-state index contributed by atoms with van der Waals surface area (Å²) < 4.78 is 5.35. The highest BCUT2D eigenvalue weighted by Crippen LogP contribution is 2.23. The predicted molar refractivity (Wildman–Crippen MR) is 109 cm³/mol. The maximum atomic E-state index is 12.5. The average molecular weight is 378 g/mol. The number of benzene rings is 3. The van der Waals surface area contributed by atoms with Crippen LogP contribution in [-0.2, 0) is 9.53 Å². The summed E-state index contributed by atoms with van der Waals surface area (Å²) in [6.07, 6.45) is -0.975. The molecule has 3 rings (SSSR count). The number of para-hydroxylation sites is 1. The molecule has 0 aliphatic carbocycles. The standard InChI is InChI=1S/C22H22N2O4/c1-15(28-22(27)18-10-4-5-11-19(18)23-13-14-25)21(26)24-20-12-6-8-16-7-2-3-9-17(16)20/h2-12,15,23,25H,13-14H2,1H3,(H,24,26)/t15-/m0/s1. The number of carbonyl (C=O) groups excluding carboxylic acids is 2. The first kappa shape index (κ1) is 19.4. The van der Waals surface area contributed by atoms with Gasteiger partial charge in [-0.2, -0.15) is 0 Å². The van der Waals surface area contributed by atoms with Crippen LogP contribution >= 0.6 is 0 Å². The number of ether oxygens (including phenoxy) is 1. The number of hydrogen-bond donors (Lipinski definition) is 3. The summed E-state index contributed by atoms with van der Waals surface area (Å²) in [7, 11) is 0. The van der Waals surface area contributed by atoms with E-state index in [1.807, 2.05) is 42.5 Å². The molecule has 3 aromatic carbocycles. The zero-order valence-electron chi connectivity index (χ0n) is 15.5. The summed E-state index contributed by atoms with van der Waals surface area (Å²) in [6, 6.07) is 20.2. The van der Waals surface area contributed by atoms with Crippen LogP contribution in [0.15, 0.2) is 66.7 Å². The molecule has 6 heteroatoms. The number of anilines is 2. The van der Waals surface area contributed by atoms with Crippen molar-refractivity contribution in [2.45, 2.75) is 13.0 Å². The van der Waals surface area contributed by atoms with E-state index < -0.39 is 18.0 Å². The van der Waals surface area contributed by atoms with E-state index in [1.54, 1.807) is 24.3 Å². The molecule has 0 aliphatic heterocycles. The molecule has 0 saturated heterocycles. The van der Waals surface area contributed by atoms with Crippen molar-refractivity contribution in [3.63, 3.8) is 0 Å². The monoisotopic (exact) mass is 378 g/mol. The minimum absolute atomic E-state index is 0.0623. The average Bonchev–Trinajstić information content (AvgIpc) is 2.72. The van der Waals surface area contributed by atoms with Gasteiger partial charge in [0.25, 0.3) is 5.91 Å². The van der Waals surface area contributed by atoms with Crippen LogP contribution in [0.2, 0.25) is 0 Å². The highest BCUT2D eigenvalue weighted by Gasteiger charge is 2.21. The van der Waals surface area contributed by atoms with E-state index in [1.165, 1.54) is 6.92 Å². The predicted octanol–water partition coefficient (Wildman–Crippen LogP) is 3.43. The Labute approximate surface area is 163 Å². The highest BCUT2D eigenvalue weighted by molar-refractivity contribution is 6.04. The third-order valence-electron chi connectivity index (χ3n) is 4.27. The van der Waals surface area contributed by atoms with Gasteiger partial charge in [0.1, 0.15) is 0 Å². The van der Waals surface area contributed by atoms with Crippen molar-refractivity contribution in [2.24, 2.45) is 0 Å². The lowest BCUT2D eigenvalue weighted by Gasteiger charge is -2.16. The van der Waals surface area contributed by atoms with Gasteiger partial charge in [0.2, 0.25) is 0 Å². The van der Waals surface area contributed by atoms with E-state index in [0.29, 0.717) is 23.5 Å². The van der Waals surface area contributed by atoms with Gasteiger partial charge in [0.15, 0.2) is 6.10 Å². The van der Waals surface area contributed by atoms with Crippen molar-refractivity contribution in [2.75, 3.05) is 23.8 Å². The third kappa shape index (κ3) is 4.47. The second-order valence-corrected chi connectivity index (χ2v) is 6.26. The maximum Gasteiger partial charge on any atom is 0.341 e. The molecule has 144 valence electrons. The van der Waals surface area contributed by atoms with Crippen LogP contribution in [0.25, 0.3) is 10.8 Å². The van der Waals surface area contributed by atoms with Crippen LogP contribution in [0.5, 0.6) is 0 Å². The van der Waals surface area contributed by atoms with Crippen LogP contribution in [0.3, 0.4) is 0 Å². The first-order valence-electron chi connectivity index (χ1n) is 9.03. The lowest BCUT2D eigenvalue weighted by atomic mass is 10.1. The van der Waals surface area contributed by atoms with E-state index in [2.05, 4.69) is 10.6 Å². The number of aliphatic hydroxyl groups is 1. The van der Waals surface area contributed by atoms with Crippen LogP contribution in [0, 0.1) is 0 Å². The minimum atomic E-state index is -0.975. The number of esters is 1. The van der Waals surface area contributed by atoms with Crippen molar-refractivity contribution >= 4 is 34.0 Å². The molecule has 0 fully saturated rings. The molecule has 0 bridgehead atoms. The van der Waals surface area contributed by atoms with E-state index in [0.717, 1.165) is 10.8 Å². The molecule has 0 spiro atoms. The number of aliphatic hydroxyl groups excluding tert-OH is 1. The quantitative estimate of drug-likeness (QED) is 0.548. The number of rotatable bonds is 7. The lowest BCUT2D eigenvalue weighted by molar-refractivity contribution is -0.123. The molecule has 0 aliphatic rings. The van der Waals surface area contributed by atoms with E-state index >= 15 is 0 Å². The normalized spacial score (nSPS) is 11.6. The third-order valence-corrected chi connectivity index (χ3v) is 4.27. The van der Waals surface area contributed by atoms with Gasteiger partial charge in [-0.3, -0.25) is 4.79 Å². The lowest BCUT2D eigenvalue weighted by Crippen LogP contribution is -2.30. The maximum absolute atomic E-state index is 12.5. The van der Waals surface area contributed by atoms with Crippen molar-refractivity contribution in [3.05, 3.63) is 72.3 Å². The molecular formula is C22H22N2O4. The van der Waals surface area contributed by atoms with Gasteiger partial charge >= 0.3 is 5.97 Å². The molecular weight excluding hydrogens is 356 g/mol. The van der Waals surface area contributed by atoms with Gasteiger partial charge in [-0.15, -0.1) is 0 Å². The summed E-state index contributed by atoms with van der Waals surface area (Å²) >= 11 is 0. The second kappa shape index (κ2) is 9.01. The van der Waals surface area contributed by atoms with Gasteiger partial charge in [-0.1, -0.05) is 48.5 Å². The van der Waals surface area contributed by atoms with Gasteiger partial charge in [0.05, 0.1) is 12.2 Å². The van der Waals surface area contributed by atoms with Crippen molar-refractivity contribution in [1.29, 1.82) is 0 Å². The zero-order valence-corrected chi connectivity index (χ0v) is 15.5. The van der Waals surface area contributed by atoms with Gasteiger partial charge < -0.3 is 20.5 Å². The Morgan fingerprint density at radius 1 is 0.964 bits per heavy atom. The van der Waals surface area contributed by atoms with Gasteiger partial charge in [-0.25, -0.2) is 4.79 Å². The first-order valence-corrected chi connectivity index (χ1v) is 9.03. The minimum Gasteiger partial charge on any atom is -0.449 e. The fraction of sp³-hybridized carbons (Fsp3) is 0.182. The number of hydrogen-bond acceptors (Lipinski definition) is 5. The smallest absolute Gasteiger partial charge is 0.341 e. The fourth-order valence-electron chi connectivity index (χ4n) is 2.85. The van der Waals surface area contributed by atoms with Gasteiger partial charge in [-0.05, 0) is 30.5 Å². The summed E-state index contributed by atoms with van der Waals surface area (Å²) in [6.45, 7) is 1.77. The van der Waals surface area contributed by atoms with Crippen molar-refractivity contribution < 1.29 is 19.4 Å².